The van der Waals surface area contributed by atoms with Crippen molar-refractivity contribution >= 4 is 28.4 Å². The molecule has 0 aliphatic carbocycles. The maximum atomic E-state index is 11.8. The monoisotopic (exact) mass is 266 g/mol. The van der Waals surface area contributed by atoms with E-state index in [1.165, 1.54) is 0 Å². The highest BCUT2D eigenvalue weighted by Crippen LogP contribution is 2.25. The van der Waals surface area contributed by atoms with Crippen molar-refractivity contribution in [3.05, 3.63) is 35.0 Å². The average molecular weight is 267 g/mol. The molecule has 1 N–H and O–H groups in total. The molecule has 0 bridgehead atoms. The molecule has 0 aliphatic heterocycles. The molecule has 96 valence electrons. The van der Waals surface area contributed by atoms with Gasteiger partial charge in [0.2, 0.25) is 0 Å². The molecule has 0 saturated carbocycles. The lowest BCUT2D eigenvalue weighted by atomic mass is 10.1. The zero-order valence-electron chi connectivity index (χ0n) is 10.4. The number of benzene rings is 1. The van der Waals surface area contributed by atoms with Gasteiger partial charge < -0.3 is 14.6 Å². The Hall–Kier alpha value is -1.52. The minimum atomic E-state index is -0.132. The van der Waals surface area contributed by atoms with Crippen LogP contribution in [-0.4, -0.2) is 31.2 Å². The van der Waals surface area contributed by atoms with Crippen LogP contribution in [0.15, 0.2) is 24.4 Å². The highest BCUT2D eigenvalue weighted by Gasteiger charge is 2.12. The van der Waals surface area contributed by atoms with Gasteiger partial charge in [0.15, 0.2) is 0 Å². The van der Waals surface area contributed by atoms with Gasteiger partial charge in [0.25, 0.3) is 5.91 Å². The van der Waals surface area contributed by atoms with Crippen molar-refractivity contribution in [2.24, 2.45) is 0 Å². The van der Waals surface area contributed by atoms with Crippen LogP contribution in [0.2, 0.25) is 5.02 Å². The van der Waals surface area contributed by atoms with Gasteiger partial charge in [0.1, 0.15) is 0 Å². The van der Waals surface area contributed by atoms with Crippen molar-refractivity contribution in [1.29, 1.82) is 0 Å². The molecule has 0 atom stereocenters. The Bertz CT molecular complexity index is 578. The minimum absolute atomic E-state index is 0.132. The summed E-state index contributed by atoms with van der Waals surface area (Å²) in [5.41, 5.74) is 1.54. The van der Waals surface area contributed by atoms with E-state index in [0.29, 0.717) is 17.2 Å². The first-order chi connectivity index (χ1) is 8.67. The molecular weight excluding hydrogens is 252 g/mol. The fourth-order valence-electron chi connectivity index (χ4n) is 1.97. The molecule has 0 radical (unpaired) electrons. The third-order valence-electron chi connectivity index (χ3n) is 2.86. The number of halogens is 1. The number of amides is 1. The SMILES string of the molecule is CNC(=O)c1cc(Cl)cc2c1ccn2CCOC. The van der Waals surface area contributed by atoms with Gasteiger partial charge in [-0.2, -0.15) is 0 Å². The zero-order chi connectivity index (χ0) is 13.1. The van der Waals surface area contributed by atoms with Crippen LogP contribution < -0.4 is 5.32 Å². The minimum Gasteiger partial charge on any atom is -0.383 e. The molecule has 1 aromatic carbocycles. The van der Waals surface area contributed by atoms with E-state index in [1.807, 2.05) is 22.9 Å². The molecule has 5 heteroatoms. The predicted molar refractivity (Wildman–Crippen MR) is 72.2 cm³/mol. The smallest absolute Gasteiger partial charge is 0.251 e. The number of rotatable bonds is 4. The lowest BCUT2D eigenvalue weighted by molar-refractivity contribution is 0.0964. The molecule has 1 heterocycles. The van der Waals surface area contributed by atoms with E-state index in [-0.39, 0.29) is 5.91 Å². The summed E-state index contributed by atoms with van der Waals surface area (Å²) in [7, 11) is 3.27. The van der Waals surface area contributed by atoms with E-state index in [0.717, 1.165) is 17.4 Å². The van der Waals surface area contributed by atoms with Crippen molar-refractivity contribution in [2.75, 3.05) is 20.8 Å². The van der Waals surface area contributed by atoms with Crippen LogP contribution in [0.1, 0.15) is 10.4 Å². The Labute approximate surface area is 110 Å². The van der Waals surface area contributed by atoms with Crippen LogP contribution in [0.3, 0.4) is 0 Å². The van der Waals surface area contributed by atoms with E-state index < -0.39 is 0 Å². The molecule has 4 nitrogen and oxygen atoms in total. The third-order valence-corrected chi connectivity index (χ3v) is 3.08. The van der Waals surface area contributed by atoms with Gasteiger partial charge in [-0.1, -0.05) is 11.6 Å². The van der Waals surface area contributed by atoms with Gasteiger partial charge >= 0.3 is 0 Å². The van der Waals surface area contributed by atoms with Crippen LogP contribution in [0, 0.1) is 0 Å². The quantitative estimate of drug-likeness (QED) is 0.923. The molecule has 0 aliphatic rings. The lowest BCUT2D eigenvalue weighted by Crippen LogP contribution is -2.18. The molecule has 0 saturated heterocycles. The second-order valence-electron chi connectivity index (χ2n) is 3.97. The molecule has 2 rings (SSSR count). The average Bonchev–Trinajstić information content (AvgIpc) is 2.77. The zero-order valence-corrected chi connectivity index (χ0v) is 11.1. The second kappa shape index (κ2) is 5.42. The highest BCUT2D eigenvalue weighted by atomic mass is 35.5. The number of carbonyl (C=O) groups is 1. The number of methoxy groups -OCH3 is 1. The molecule has 0 spiro atoms. The number of nitrogens with zero attached hydrogens (tertiary/aromatic N) is 1. The fourth-order valence-corrected chi connectivity index (χ4v) is 2.18. The summed E-state index contributed by atoms with van der Waals surface area (Å²) < 4.78 is 7.09. The van der Waals surface area contributed by atoms with E-state index in [9.17, 15) is 4.79 Å². The summed E-state index contributed by atoms with van der Waals surface area (Å²) in [6, 6.07) is 5.47. The number of hydrogen-bond donors (Lipinski definition) is 1. The van der Waals surface area contributed by atoms with E-state index >= 15 is 0 Å². The maximum absolute atomic E-state index is 11.8. The number of fused-ring (bicyclic) bond motifs is 1. The Morgan fingerprint density at radius 1 is 1.50 bits per heavy atom. The first-order valence-electron chi connectivity index (χ1n) is 5.66. The largest absolute Gasteiger partial charge is 0.383 e. The highest BCUT2D eigenvalue weighted by molar-refractivity contribution is 6.32. The normalized spacial score (nSPS) is 10.8. The van der Waals surface area contributed by atoms with Crippen molar-refractivity contribution in [3.8, 4) is 0 Å². The van der Waals surface area contributed by atoms with E-state index in [4.69, 9.17) is 16.3 Å². The Kier molecular flexibility index (Phi) is 3.89. The summed E-state index contributed by atoms with van der Waals surface area (Å²) >= 11 is 6.06. The van der Waals surface area contributed by atoms with Gasteiger partial charge in [-0.3, -0.25) is 4.79 Å². The molecule has 0 fully saturated rings. The molecule has 18 heavy (non-hydrogen) atoms. The molecular formula is C13H15ClN2O2. The van der Waals surface area contributed by atoms with Crippen molar-refractivity contribution in [2.45, 2.75) is 6.54 Å². The van der Waals surface area contributed by atoms with Gasteiger partial charge in [-0.15, -0.1) is 0 Å². The number of hydrogen-bond acceptors (Lipinski definition) is 2. The third kappa shape index (κ3) is 2.35. The standard InChI is InChI=1S/C13H15ClN2O2/c1-15-13(17)11-7-9(14)8-12-10(11)3-4-16(12)5-6-18-2/h3-4,7-8H,5-6H2,1-2H3,(H,15,17). The number of ether oxygens (including phenoxy) is 1. The van der Waals surface area contributed by atoms with Crippen LogP contribution in [0.5, 0.6) is 0 Å². The Morgan fingerprint density at radius 3 is 2.94 bits per heavy atom. The first-order valence-corrected chi connectivity index (χ1v) is 6.04. The topological polar surface area (TPSA) is 43.3 Å². The Morgan fingerprint density at radius 2 is 2.28 bits per heavy atom. The van der Waals surface area contributed by atoms with Crippen LogP contribution in [0.25, 0.3) is 10.9 Å². The van der Waals surface area contributed by atoms with Crippen LogP contribution in [0.4, 0.5) is 0 Å². The van der Waals surface area contributed by atoms with Crippen molar-refractivity contribution in [1.82, 2.24) is 9.88 Å². The van der Waals surface area contributed by atoms with Gasteiger partial charge in [0, 0.05) is 37.3 Å². The van der Waals surface area contributed by atoms with Crippen LogP contribution >= 0.6 is 11.6 Å². The number of aromatic nitrogens is 1. The number of carbonyl (C=O) groups excluding carboxylic acids is 1. The lowest BCUT2D eigenvalue weighted by Gasteiger charge is -2.07. The first kappa shape index (κ1) is 12.9. The predicted octanol–water partition coefficient (Wildman–Crippen LogP) is 2.30. The number of nitrogens with one attached hydrogen (secondary N) is 1. The fraction of sp³-hybridized carbons (Fsp3) is 0.308. The maximum Gasteiger partial charge on any atom is 0.251 e. The van der Waals surface area contributed by atoms with Gasteiger partial charge in [-0.05, 0) is 18.2 Å². The molecule has 0 unspecified atom stereocenters. The van der Waals surface area contributed by atoms with Crippen molar-refractivity contribution in [3.63, 3.8) is 0 Å². The van der Waals surface area contributed by atoms with E-state index in [1.54, 1.807) is 20.2 Å². The summed E-state index contributed by atoms with van der Waals surface area (Å²) in [6.07, 6.45) is 1.94. The summed E-state index contributed by atoms with van der Waals surface area (Å²) in [5, 5.41) is 4.07. The summed E-state index contributed by atoms with van der Waals surface area (Å²) in [4.78, 5) is 11.8. The van der Waals surface area contributed by atoms with E-state index in [2.05, 4.69) is 5.32 Å². The van der Waals surface area contributed by atoms with Crippen LogP contribution in [-0.2, 0) is 11.3 Å². The molecule has 1 aromatic heterocycles. The van der Waals surface area contributed by atoms with Gasteiger partial charge in [0.05, 0.1) is 17.7 Å². The Balaban J connectivity index is 2.54. The van der Waals surface area contributed by atoms with Gasteiger partial charge in [-0.25, -0.2) is 0 Å². The summed E-state index contributed by atoms with van der Waals surface area (Å²) in [6.45, 7) is 1.35. The second-order valence-corrected chi connectivity index (χ2v) is 4.40. The molecule has 2 aromatic rings. The molecule has 1 amide bonds. The summed E-state index contributed by atoms with van der Waals surface area (Å²) in [5.74, 6) is -0.132. The van der Waals surface area contributed by atoms with Crippen molar-refractivity contribution < 1.29 is 9.53 Å².